The van der Waals surface area contributed by atoms with E-state index < -0.39 is 11.3 Å². The monoisotopic (exact) mass is 410 g/mol. The Balaban J connectivity index is 1.71. The summed E-state index contributed by atoms with van der Waals surface area (Å²) in [6.45, 7) is 1.57. The van der Waals surface area contributed by atoms with Crippen LogP contribution in [0.2, 0.25) is 0 Å². The van der Waals surface area contributed by atoms with Gasteiger partial charge in [0, 0.05) is 48.0 Å². The SMILES string of the molecule is CC(=O)Cc1ccc(N(C)c2ccnc(Nc3ccc(NS(=O)[O-])cc3)n2)cc1. The third kappa shape index (κ3) is 5.84. The minimum Gasteiger partial charge on any atom is -0.755 e. The molecule has 150 valence electrons. The highest BCUT2D eigenvalue weighted by Crippen LogP contribution is 2.24. The molecule has 0 amide bonds. The van der Waals surface area contributed by atoms with Gasteiger partial charge in [-0.05, 0) is 55.0 Å². The molecule has 29 heavy (non-hydrogen) atoms. The first-order valence-corrected chi connectivity index (χ1v) is 9.86. The Hall–Kier alpha value is -3.30. The highest BCUT2D eigenvalue weighted by Gasteiger charge is 2.08. The van der Waals surface area contributed by atoms with E-state index in [0.29, 0.717) is 23.9 Å². The maximum atomic E-state index is 11.2. The predicted molar refractivity (Wildman–Crippen MR) is 113 cm³/mol. The molecule has 1 atom stereocenters. The molecule has 9 heteroatoms. The lowest BCUT2D eigenvalue weighted by Gasteiger charge is -2.19. The van der Waals surface area contributed by atoms with E-state index in [4.69, 9.17) is 0 Å². The summed E-state index contributed by atoms with van der Waals surface area (Å²) in [5, 5.41) is 3.09. The van der Waals surface area contributed by atoms with Crippen LogP contribution in [0.25, 0.3) is 0 Å². The molecule has 8 nitrogen and oxygen atoms in total. The Kier molecular flexibility index (Phi) is 6.53. The molecule has 0 saturated heterocycles. The van der Waals surface area contributed by atoms with E-state index in [-0.39, 0.29) is 5.78 Å². The molecule has 3 aromatic rings. The molecule has 2 aromatic carbocycles. The van der Waals surface area contributed by atoms with Gasteiger partial charge in [-0.3, -0.25) is 9.00 Å². The maximum absolute atomic E-state index is 11.2. The van der Waals surface area contributed by atoms with E-state index in [1.165, 1.54) is 0 Å². The molecule has 0 aliphatic heterocycles. The predicted octanol–water partition coefficient (Wildman–Crippen LogP) is 3.33. The number of ketones is 1. The second-order valence-corrected chi connectivity index (χ2v) is 7.06. The van der Waals surface area contributed by atoms with Crippen molar-refractivity contribution in [2.75, 3.05) is 22.0 Å². The molecule has 0 radical (unpaired) electrons. The van der Waals surface area contributed by atoms with Gasteiger partial charge in [0.15, 0.2) is 0 Å². The molecule has 0 aliphatic carbocycles. The van der Waals surface area contributed by atoms with Crippen molar-refractivity contribution in [3.05, 3.63) is 66.4 Å². The molecule has 0 aliphatic rings. The third-order valence-corrected chi connectivity index (χ3v) is 4.51. The van der Waals surface area contributed by atoms with Gasteiger partial charge >= 0.3 is 0 Å². The average molecular weight is 410 g/mol. The zero-order valence-electron chi connectivity index (χ0n) is 16.0. The molecule has 0 bridgehead atoms. The molecule has 3 rings (SSSR count). The van der Waals surface area contributed by atoms with Crippen molar-refractivity contribution in [3.63, 3.8) is 0 Å². The van der Waals surface area contributed by atoms with Crippen molar-refractivity contribution in [1.29, 1.82) is 0 Å². The van der Waals surface area contributed by atoms with Crippen molar-refractivity contribution >= 4 is 45.9 Å². The third-order valence-electron chi connectivity index (χ3n) is 4.10. The Bertz CT molecular complexity index is 1010. The fraction of sp³-hybridized carbons (Fsp3) is 0.150. The largest absolute Gasteiger partial charge is 0.755 e. The van der Waals surface area contributed by atoms with E-state index >= 15 is 0 Å². The van der Waals surface area contributed by atoms with Crippen molar-refractivity contribution in [2.45, 2.75) is 13.3 Å². The summed E-state index contributed by atoms with van der Waals surface area (Å²) in [5.74, 6) is 1.24. The van der Waals surface area contributed by atoms with Crippen LogP contribution in [0, 0.1) is 0 Å². The van der Waals surface area contributed by atoms with E-state index in [0.717, 1.165) is 16.9 Å². The van der Waals surface area contributed by atoms with Gasteiger partial charge in [-0.25, -0.2) is 4.98 Å². The van der Waals surface area contributed by atoms with Crippen LogP contribution in [0.15, 0.2) is 60.8 Å². The van der Waals surface area contributed by atoms with Crippen molar-refractivity contribution in [2.24, 2.45) is 0 Å². The van der Waals surface area contributed by atoms with E-state index in [1.807, 2.05) is 36.2 Å². The Morgan fingerprint density at radius 1 is 1.07 bits per heavy atom. The van der Waals surface area contributed by atoms with E-state index in [9.17, 15) is 13.6 Å². The molecule has 1 unspecified atom stereocenters. The minimum atomic E-state index is -2.36. The number of nitrogens with zero attached hydrogens (tertiary/aromatic N) is 3. The minimum absolute atomic E-state index is 0.128. The number of rotatable bonds is 8. The zero-order chi connectivity index (χ0) is 20.8. The molecule has 1 aromatic heterocycles. The number of carbonyl (C=O) groups excluding carboxylic acids is 1. The number of benzene rings is 2. The first-order chi connectivity index (χ1) is 13.9. The lowest BCUT2D eigenvalue weighted by Crippen LogP contribution is -2.12. The first-order valence-electron chi connectivity index (χ1n) is 8.79. The van der Waals surface area contributed by atoms with Gasteiger partial charge in [0.1, 0.15) is 11.6 Å². The van der Waals surface area contributed by atoms with Crippen LogP contribution in [-0.4, -0.2) is 31.6 Å². The average Bonchev–Trinajstić information content (AvgIpc) is 2.69. The first kappa shape index (κ1) is 20.4. The molecule has 0 spiro atoms. The van der Waals surface area contributed by atoms with Crippen LogP contribution in [0.3, 0.4) is 0 Å². The van der Waals surface area contributed by atoms with E-state index in [1.54, 1.807) is 43.5 Å². The number of aromatic nitrogens is 2. The van der Waals surface area contributed by atoms with Gasteiger partial charge in [-0.15, -0.1) is 0 Å². The summed E-state index contributed by atoms with van der Waals surface area (Å²) >= 11 is -2.36. The summed E-state index contributed by atoms with van der Waals surface area (Å²) in [5.41, 5.74) is 3.09. The number of nitrogens with one attached hydrogen (secondary N) is 2. The molecule has 0 fully saturated rings. The Labute approximate surface area is 171 Å². The highest BCUT2D eigenvalue weighted by atomic mass is 32.2. The second kappa shape index (κ2) is 9.26. The number of carbonyl (C=O) groups is 1. The Morgan fingerprint density at radius 2 is 1.72 bits per heavy atom. The van der Waals surface area contributed by atoms with Crippen LogP contribution < -0.4 is 14.9 Å². The molecule has 1 heterocycles. The lowest BCUT2D eigenvalue weighted by atomic mass is 10.1. The highest BCUT2D eigenvalue weighted by molar-refractivity contribution is 7.80. The van der Waals surface area contributed by atoms with Crippen LogP contribution in [-0.2, 0) is 22.5 Å². The smallest absolute Gasteiger partial charge is 0.229 e. The van der Waals surface area contributed by atoms with Crippen molar-refractivity contribution in [1.82, 2.24) is 9.97 Å². The summed E-state index contributed by atoms with van der Waals surface area (Å²) in [4.78, 5) is 21.9. The van der Waals surface area contributed by atoms with Gasteiger partial charge in [-0.2, -0.15) is 4.98 Å². The van der Waals surface area contributed by atoms with Gasteiger partial charge in [0.2, 0.25) is 5.95 Å². The molecular formula is C20H20N5O3S-. The quantitative estimate of drug-likeness (QED) is 0.548. The summed E-state index contributed by atoms with van der Waals surface area (Å²) in [6, 6.07) is 16.3. The topological polar surface area (TPSA) is 110 Å². The van der Waals surface area contributed by atoms with Crippen LogP contribution in [0.1, 0.15) is 12.5 Å². The summed E-state index contributed by atoms with van der Waals surface area (Å²) in [7, 11) is 1.90. The van der Waals surface area contributed by atoms with Crippen LogP contribution >= 0.6 is 0 Å². The molecule has 2 N–H and O–H groups in total. The maximum Gasteiger partial charge on any atom is 0.229 e. The summed E-state index contributed by atoms with van der Waals surface area (Å²) in [6.07, 6.45) is 2.08. The van der Waals surface area contributed by atoms with Gasteiger partial charge in [0.05, 0.1) is 0 Å². The summed E-state index contributed by atoms with van der Waals surface area (Å²) < 4.78 is 23.6. The second-order valence-electron chi connectivity index (χ2n) is 6.38. The van der Waals surface area contributed by atoms with Gasteiger partial charge in [-0.1, -0.05) is 12.1 Å². The van der Waals surface area contributed by atoms with Crippen LogP contribution in [0.5, 0.6) is 0 Å². The number of Topliss-reactive ketones (excluding diaryl/α,β-unsaturated/α-hetero) is 1. The standard InChI is InChI=1S/C20H21N5O3S/c1-14(26)13-15-3-9-18(10-4-15)25(2)19-11-12-21-20(23-19)22-16-5-7-17(8-6-16)24-29(27)28/h3-12,24H,13H2,1-2H3,(H,27,28)(H,21,22,23)/p-1. The molecular weight excluding hydrogens is 390 g/mol. The zero-order valence-corrected chi connectivity index (χ0v) is 16.8. The normalized spacial score (nSPS) is 11.6. The number of hydrogen-bond acceptors (Lipinski definition) is 7. The fourth-order valence-electron chi connectivity index (χ4n) is 2.70. The molecule has 0 saturated carbocycles. The number of anilines is 5. The van der Waals surface area contributed by atoms with E-state index in [2.05, 4.69) is 20.0 Å². The van der Waals surface area contributed by atoms with Crippen LogP contribution in [0.4, 0.5) is 28.8 Å². The van der Waals surface area contributed by atoms with Crippen molar-refractivity contribution < 1.29 is 13.6 Å². The Morgan fingerprint density at radius 3 is 2.34 bits per heavy atom. The van der Waals surface area contributed by atoms with Gasteiger partial charge in [0.25, 0.3) is 0 Å². The lowest BCUT2D eigenvalue weighted by molar-refractivity contribution is -0.116. The fourth-order valence-corrected chi connectivity index (χ4v) is 3.03. The number of hydrogen-bond donors (Lipinski definition) is 2. The van der Waals surface area contributed by atoms with Gasteiger partial charge < -0.3 is 19.5 Å². The van der Waals surface area contributed by atoms with Crippen molar-refractivity contribution in [3.8, 4) is 0 Å².